The molecule has 1 aliphatic rings. The predicted octanol–water partition coefficient (Wildman–Crippen LogP) is 2.58. The SMILES string of the molecule is OCN1CCc2cc(OCc3ccccc3)ccc21. The van der Waals surface area contributed by atoms with Crippen molar-refractivity contribution in [1.29, 1.82) is 0 Å². The fraction of sp³-hybridized carbons (Fsp3) is 0.250. The summed E-state index contributed by atoms with van der Waals surface area (Å²) in [6.07, 6.45) is 0.971. The number of ether oxygens (including phenoxy) is 1. The smallest absolute Gasteiger partial charge is 0.120 e. The van der Waals surface area contributed by atoms with Crippen molar-refractivity contribution in [3.05, 3.63) is 59.7 Å². The van der Waals surface area contributed by atoms with Gasteiger partial charge in [0, 0.05) is 12.2 Å². The van der Waals surface area contributed by atoms with Gasteiger partial charge in [-0.25, -0.2) is 0 Å². The van der Waals surface area contributed by atoms with E-state index in [1.807, 2.05) is 35.2 Å². The Kier molecular flexibility index (Phi) is 3.38. The third kappa shape index (κ3) is 2.56. The maximum Gasteiger partial charge on any atom is 0.120 e. The minimum atomic E-state index is 0.0806. The third-order valence-electron chi connectivity index (χ3n) is 3.46. The number of rotatable bonds is 4. The lowest BCUT2D eigenvalue weighted by Gasteiger charge is -2.15. The zero-order valence-electron chi connectivity index (χ0n) is 10.7. The summed E-state index contributed by atoms with van der Waals surface area (Å²) >= 11 is 0. The van der Waals surface area contributed by atoms with Gasteiger partial charge >= 0.3 is 0 Å². The number of benzene rings is 2. The van der Waals surface area contributed by atoms with Crippen LogP contribution in [0.1, 0.15) is 11.1 Å². The van der Waals surface area contributed by atoms with Crippen molar-refractivity contribution in [3.8, 4) is 5.75 Å². The summed E-state index contributed by atoms with van der Waals surface area (Å²) in [7, 11) is 0. The fourth-order valence-corrected chi connectivity index (χ4v) is 2.42. The van der Waals surface area contributed by atoms with Crippen molar-refractivity contribution in [1.82, 2.24) is 0 Å². The predicted molar refractivity (Wildman–Crippen MR) is 75.4 cm³/mol. The summed E-state index contributed by atoms with van der Waals surface area (Å²) in [6.45, 7) is 1.55. The van der Waals surface area contributed by atoms with E-state index in [2.05, 4.69) is 18.2 Å². The minimum absolute atomic E-state index is 0.0806. The highest BCUT2D eigenvalue weighted by Gasteiger charge is 2.18. The Bertz CT molecular complexity index is 554. The van der Waals surface area contributed by atoms with Crippen LogP contribution in [-0.2, 0) is 13.0 Å². The van der Waals surface area contributed by atoms with Crippen LogP contribution in [0, 0.1) is 0 Å². The summed E-state index contributed by atoms with van der Waals surface area (Å²) in [5.74, 6) is 0.891. The van der Waals surface area contributed by atoms with Gasteiger partial charge in [0.05, 0.1) is 0 Å². The maximum atomic E-state index is 9.23. The second-order valence-electron chi connectivity index (χ2n) is 4.72. The zero-order chi connectivity index (χ0) is 13.1. The highest BCUT2D eigenvalue weighted by molar-refractivity contribution is 5.59. The first-order valence-corrected chi connectivity index (χ1v) is 6.52. The molecule has 3 heteroatoms. The molecule has 0 spiro atoms. The Morgan fingerprint density at radius 1 is 1.11 bits per heavy atom. The monoisotopic (exact) mass is 255 g/mol. The van der Waals surface area contributed by atoms with Crippen molar-refractivity contribution in [2.75, 3.05) is 18.2 Å². The first-order valence-electron chi connectivity index (χ1n) is 6.52. The molecular formula is C16H17NO2. The molecular weight excluding hydrogens is 238 g/mol. The molecule has 3 rings (SSSR count). The Morgan fingerprint density at radius 2 is 1.95 bits per heavy atom. The van der Waals surface area contributed by atoms with Crippen LogP contribution < -0.4 is 9.64 Å². The lowest BCUT2D eigenvalue weighted by atomic mass is 10.1. The molecule has 98 valence electrons. The summed E-state index contributed by atoms with van der Waals surface area (Å²) in [5.41, 5.74) is 3.54. The molecule has 1 aliphatic heterocycles. The van der Waals surface area contributed by atoms with E-state index in [4.69, 9.17) is 4.74 Å². The Morgan fingerprint density at radius 3 is 2.74 bits per heavy atom. The van der Waals surface area contributed by atoms with Crippen molar-refractivity contribution >= 4 is 5.69 Å². The molecule has 2 aromatic rings. The van der Waals surface area contributed by atoms with Gasteiger partial charge in [-0.15, -0.1) is 0 Å². The third-order valence-corrected chi connectivity index (χ3v) is 3.46. The standard InChI is InChI=1S/C16H17NO2/c18-12-17-9-8-14-10-15(6-7-16(14)17)19-11-13-4-2-1-3-5-13/h1-7,10,18H,8-9,11-12H2. The minimum Gasteiger partial charge on any atom is -0.489 e. The molecule has 3 nitrogen and oxygen atoms in total. The van der Waals surface area contributed by atoms with Gasteiger partial charge in [-0.2, -0.15) is 0 Å². The molecule has 1 N–H and O–H groups in total. The van der Waals surface area contributed by atoms with Crippen LogP contribution in [0.3, 0.4) is 0 Å². The average Bonchev–Trinajstić information content (AvgIpc) is 2.88. The molecule has 0 radical (unpaired) electrons. The summed E-state index contributed by atoms with van der Waals surface area (Å²) in [6, 6.07) is 16.2. The summed E-state index contributed by atoms with van der Waals surface area (Å²) in [5, 5.41) is 9.23. The fourth-order valence-electron chi connectivity index (χ4n) is 2.42. The number of hydrogen-bond acceptors (Lipinski definition) is 3. The normalized spacial score (nSPS) is 13.4. The van der Waals surface area contributed by atoms with E-state index in [0.717, 1.165) is 24.4 Å². The number of nitrogens with zero attached hydrogens (tertiary/aromatic N) is 1. The topological polar surface area (TPSA) is 32.7 Å². The first kappa shape index (κ1) is 12.1. The Labute approximate surface area is 113 Å². The van der Waals surface area contributed by atoms with E-state index >= 15 is 0 Å². The molecule has 2 aromatic carbocycles. The van der Waals surface area contributed by atoms with E-state index in [0.29, 0.717) is 6.61 Å². The second kappa shape index (κ2) is 5.33. The Balaban J connectivity index is 1.70. The molecule has 0 unspecified atom stereocenters. The highest BCUT2D eigenvalue weighted by Crippen LogP contribution is 2.30. The van der Waals surface area contributed by atoms with Gasteiger partial charge in [0.15, 0.2) is 0 Å². The van der Waals surface area contributed by atoms with Crippen LogP contribution in [-0.4, -0.2) is 18.4 Å². The van der Waals surface area contributed by atoms with Gasteiger partial charge < -0.3 is 14.7 Å². The molecule has 0 bridgehead atoms. The molecule has 0 aromatic heterocycles. The summed E-state index contributed by atoms with van der Waals surface area (Å²) in [4.78, 5) is 1.97. The van der Waals surface area contributed by atoms with Gasteiger partial charge in [-0.3, -0.25) is 0 Å². The number of aliphatic hydroxyl groups is 1. The number of hydrogen-bond donors (Lipinski definition) is 1. The van der Waals surface area contributed by atoms with Crippen molar-refractivity contribution in [3.63, 3.8) is 0 Å². The van der Waals surface area contributed by atoms with E-state index in [9.17, 15) is 5.11 Å². The maximum absolute atomic E-state index is 9.23. The van der Waals surface area contributed by atoms with Crippen LogP contribution in [0.4, 0.5) is 5.69 Å². The lowest BCUT2D eigenvalue weighted by molar-refractivity contribution is 0.294. The van der Waals surface area contributed by atoms with Gasteiger partial charge in [-0.05, 0) is 35.7 Å². The van der Waals surface area contributed by atoms with Gasteiger partial charge in [0.1, 0.15) is 19.1 Å². The van der Waals surface area contributed by atoms with E-state index < -0.39 is 0 Å². The molecule has 0 aliphatic carbocycles. The average molecular weight is 255 g/mol. The Hall–Kier alpha value is -2.00. The van der Waals surface area contributed by atoms with Crippen molar-refractivity contribution in [2.45, 2.75) is 13.0 Å². The number of anilines is 1. The number of fused-ring (bicyclic) bond motifs is 1. The molecule has 19 heavy (non-hydrogen) atoms. The van der Waals surface area contributed by atoms with E-state index in [1.165, 1.54) is 11.1 Å². The molecule has 0 fully saturated rings. The summed E-state index contributed by atoms with van der Waals surface area (Å²) < 4.78 is 5.81. The van der Waals surface area contributed by atoms with Crippen molar-refractivity contribution < 1.29 is 9.84 Å². The number of aliphatic hydroxyl groups excluding tert-OH is 1. The second-order valence-corrected chi connectivity index (χ2v) is 4.72. The highest BCUT2D eigenvalue weighted by atomic mass is 16.5. The molecule has 0 saturated heterocycles. The van der Waals surface area contributed by atoms with Crippen LogP contribution in [0.2, 0.25) is 0 Å². The van der Waals surface area contributed by atoms with Crippen LogP contribution in [0.5, 0.6) is 5.75 Å². The van der Waals surface area contributed by atoms with Crippen LogP contribution in [0.25, 0.3) is 0 Å². The molecule has 0 atom stereocenters. The van der Waals surface area contributed by atoms with Gasteiger partial charge in [-0.1, -0.05) is 30.3 Å². The van der Waals surface area contributed by atoms with Gasteiger partial charge in [0.2, 0.25) is 0 Å². The molecule has 0 saturated carbocycles. The first-order chi connectivity index (χ1) is 9.36. The molecule has 0 amide bonds. The molecule has 1 heterocycles. The van der Waals surface area contributed by atoms with E-state index in [1.54, 1.807) is 0 Å². The lowest BCUT2D eigenvalue weighted by Crippen LogP contribution is -2.20. The van der Waals surface area contributed by atoms with Crippen molar-refractivity contribution in [2.24, 2.45) is 0 Å². The van der Waals surface area contributed by atoms with E-state index in [-0.39, 0.29) is 6.73 Å². The van der Waals surface area contributed by atoms with Crippen LogP contribution in [0.15, 0.2) is 48.5 Å². The van der Waals surface area contributed by atoms with Gasteiger partial charge in [0.25, 0.3) is 0 Å². The quantitative estimate of drug-likeness (QED) is 0.911. The zero-order valence-corrected chi connectivity index (χ0v) is 10.7. The largest absolute Gasteiger partial charge is 0.489 e. The van der Waals surface area contributed by atoms with Crippen LogP contribution >= 0.6 is 0 Å².